The van der Waals surface area contributed by atoms with Crippen LogP contribution in [0, 0.1) is 5.92 Å². The Kier molecular flexibility index (Phi) is 13.7. The number of phenolic OH excluding ortho intramolecular Hbond substituents is 1. The second-order valence-corrected chi connectivity index (χ2v) is 13.0. The number of thioether (sulfide) groups is 1. The summed E-state index contributed by atoms with van der Waals surface area (Å²) >= 11 is 1.54. The van der Waals surface area contributed by atoms with E-state index in [9.17, 15) is 33.9 Å². The van der Waals surface area contributed by atoms with Gasteiger partial charge in [-0.25, -0.2) is 0 Å². The average molecular weight is 663 g/mol. The molecule has 5 unspecified atom stereocenters. The number of aliphatic carboxylic acids is 1. The maximum Gasteiger partial charge on any atom is 0.322 e. The number of phenols is 1. The van der Waals surface area contributed by atoms with Crippen LogP contribution in [0.5, 0.6) is 5.75 Å². The van der Waals surface area contributed by atoms with Crippen molar-refractivity contribution in [1.82, 2.24) is 25.8 Å². The summed E-state index contributed by atoms with van der Waals surface area (Å²) in [7, 11) is 0. The first-order valence-electron chi connectivity index (χ1n) is 15.6. The molecule has 2 aliphatic heterocycles. The number of carboxylic acids is 1. The Labute approximate surface area is 273 Å². The van der Waals surface area contributed by atoms with Gasteiger partial charge in [0.15, 0.2) is 0 Å². The molecular weight excluding hydrogens is 616 g/mol. The van der Waals surface area contributed by atoms with Gasteiger partial charge in [-0.3, -0.25) is 28.8 Å². The highest BCUT2D eigenvalue weighted by atomic mass is 32.2. The molecule has 0 aliphatic carbocycles. The Morgan fingerprint density at radius 1 is 0.957 bits per heavy atom. The minimum absolute atomic E-state index is 0.0502. The van der Waals surface area contributed by atoms with Crippen molar-refractivity contribution in [3.05, 3.63) is 29.8 Å². The first-order valence-corrected chi connectivity index (χ1v) is 17.0. The van der Waals surface area contributed by atoms with E-state index in [4.69, 9.17) is 10.8 Å². The molecule has 3 rings (SSSR count). The molecule has 2 saturated heterocycles. The van der Waals surface area contributed by atoms with E-state index in [0.717, 1.165) is 0 Å². The third kappa shape index (κ3) is 9.82. The normalized spacial score (nSPS) is 19.8. The van der Waals surface area contributed by atoms with Crippen LogP contribution in [0.1, 0.15) is 51.5 Å². The van der Waals surface area contributed by atoms with Gasteiger partial charge in [0.1, 0.15) is 36.5 Å². The fraction of sp³-hybridized carbons (Fsp3) is 0.613. The summed E-state index contributed by atoms with van der Waals surface area (Å²) in [6.07, 6.45) is 4.29. The SMILES string of the molecule is CSCCC(N)C(=O)NC(Cc1ccc(O)cc1)C(=O)NC(C(=O)N1CCCC1C(=O)N1CCCC1C(=O)NCC(=O)O)C(C)C. The highest BCUT2D eigenvalue weighted by Gasteiger charge is 2.44. The highest BCUT2D eigenvalue weighted by Crippen LogP contribution is 2.26. The number of nitrogens with two attached hydrogens (primary N) is 1. The lowest BCUT2D eigenvalue weighted by Gasteiger charge is -2.34. The predicted octanol–water partition coefficient (Wildman–Crippen LogP) is -0.176. The van der Waals surface area contributed by atoms with Crippen LogP contribution in [-0.2, 0) is 35.2 Å². The zero-order chi connectivity index (χ0) is 34.0. The molecule has 7 N–H and O–H groups in total. The molecule has 1 aromatic carbocycles. The number of benzene rings is 1. The molecule has 15 heteroatoms. The number of carbonyl (C=O) groups excluding carboxylic acids is 5. The first kappa shape index (κ1) is 36.6. The molecule has 5 amide bonds. The highest BCUT2D eigenvalue weighted by molar-refractivity contribution is 7.98. The summed E-state index contributed by atoms with van der Waals surface area (Å²) in [6.45, 7) is 3.58. The number of amides is 5. The van der Waals surface area contributed by atoms with Crippen LogP contribution in [0.2, 0.25) is 0 Å². The van der Waals surface area contributed by atoms with Gasteiger partial charge in [0, 0.05) is 19.5 Å². The van der Waals surface area contributed by atoms with Crippen molar-refractivity contribution in [2.24, 2.45) is 11.7 Å². The molecule has 5 atom stereocenters. The van der Waals surface area contributed by atoms with E-state index in [1.807, 2.05) is 6.26 Å². The number of nitrogens with one attached hydrogen (secondary N) is 3. The van der Waals surface area contributed by atoms with Crippen molar-refractivity contribution in [3.8, 4) is 5.75 Å². The van der Waals surface area contributed by atoms with Crippen LogP contribution in [-0.4, -0.2) is 117 Å². The van der Waals surface area contributed by atoms with Crippen LogP contribution in [0.25, 0.3) is 0 Å². The smallest absolute Gasteiger partial charge is 0.322 e. The van der Waals surface area contributed by atoms with E-state index < -0.39 is 66.4 Å². The first-order chi connectivity index (χ1) is 21.8. The van der Waals surface area contributed by atoms with E-state index in [1.54, 1.807) is 37.7 Å². The zero-order valence-electron chi connectivity index (χ0n) is 26.6. The number of carbonyl (C=O) groups is 6. The standard InChI is InChI=1S/C31H46N6O8S/c1-18(2)26(35-28(42)22(16-19-8-10-20(38)11-9-19)34-27(41)21(32)12-15-46-3)31(45)37-14-5-7-24(37)30(44)36-13-4-6-23(36)29(43)33-17-25(39)40/h8-11,18,21-24,26,38H,4-7,12-17,32H2,1-3H3,(H,33,43)(H,34,41)(H,35,42)(H,39,40). The van der Waals surface area contributed by atoms with Gasteiger partial charge in [-0.1, -0.05) is 26.0 Å². The van der Waals surface area contributed by atoms with Crippen LogP contribution in [0.15, 0.2) is 24.3 Å². The van der Waals surface area contributed by atoms with Crippen molar-refractivity contribution in [2.45, 2.75) is 82.6 Å². The van der Waals surface area contributed by atoms with Gasteiger partial charge in [0.05, 0.1) is 6.04 Å². The number of rotatable bonds is 15. The van der Waals surface area contributed by atoms with Crippen molar-refractivity contribution >= 4 is 47.3 Å². The number of nitrogens with zero attached hydrogens (tertiary/aromatic N) is 2. The Morgan fingerprint density at radius 2 is 1.59 bits per heavy atom. The summed E-state index contributed by atoms with van der Waals surface area (Å²) in [5.41, 5.74) is 6.73. The van der Waals surface area contributed by atoms with Crippen molar-refractivity contribution in [2.75, 3.05) is 31.6 Å². The molecule has 2 aliphatic rings. The monoisotopic (exact) mass is 662 g/mol. The van der Waals surface area contributed by atoms with Gasteiger partial charge in [0.25, 0.3) is 0 Å². The molecule has 0 aromatic heterocycles. The van der Waals surface area contributed by atoms with E-state index in [-0.39, 0.29) is 30.5 Å². The van der Waals surface area contributed by atoms with Crippen molar-refractivity contribution in [3.63, 3.8) is 0 Å². The van der Waals surface area contributed by atoms with E-state index in [0.29, 0.717) is 50.0 Å². The molecule has 2 fully saturated rings. The summed E-state index contributed by atoms with van der Waals surface area (Å²) in [4.78, 5) is 80.7. The average Bonchev–Trinajstić information content (AvgIpc) is 3.72. The van der Waals surface area contributed by atoms with Gasteiger partial charge < -0.3 is 41.7 Å². The topological polar surface area (TPSA) is 211 Å². The van der Waals surface area contributed by atoms with Crippen LogP contribution >= 0.6 is 11.8 Å². The van der Waals surface area contributed by atoms with E-state index in [2.05, 4.69) is 16.0 Å². The Bertz CT molecular complexity index is 1260. The Morgan fingerprint density at radius 3 is 2.20 bits per heavy atom. The van der Waals surface area contributed by atoms with E-state index in [1.165, 1.54) is 21.9 Å². The quantitative estimate of drug-likeness (QED) is 0.146. The molecule has 46 heavy (non-hydrogen) atoms. The summed E-state index contributed by atoms with van der Waals surface area (Å²) in [5, 5.41) is 26.5. The predicted molar refractivity (Wildman–Crippen MR) is 172 cm³/mol. The van der Waals surface area contributed by atoms with Gasteiger partial charge in [0.2, 0.25) is 29.5 Å². The summed E-state index contributed by atoms with van der Waals surface area (Å²) < 4.78 is 0. The van der Waals surface area contributed by atoms with Crippen LogP contribution < -0.4 is 21.7 Å². The molecule has 0 saturated carbocycles. The van der Waals surface area contributed by atoms with Gasteiger partial charge >= 0.3 is 5.97 Å². The number of hydrogen-bond acceptors (Lipinski definition) is 9. The Balaban J connectivity index is 1.76. The molecule has 1 aromatic rings. The number of likely N-dealkylation sites (tertiary alicyclic amines) is 2. The zero-order valence-corrected chi connectivity index (χ0v) is 27.4. The van der Waals surface area contributed by atoms with E-state index >= 15 is 0 Å². The number of carboxylic acid groups (broad SMARTS) is 1. The fourth-order valence-corrected chi connectivity index (χ4v) is 6.23. The Hall–Kier alpha value is -3.85. The molecule has 254 valence electrons. The maximum absolute atomic E-state index is 14.0. The molecule has 14 nitrogen and oxygen atoms in total. The molecule has 0 radical (unpaired) electrons. The largest absolute Gasteiger partial charge is 0.508 e. The van der Waals surface area contributed by atoms with Crippen LogP contribution in [0.3, 0.4) is 0 Å². The van der Waals surface area contributed by atoms with Crippen molar-refractivity contribution in [1.29, 1.82) is 0 Å². The summed E-state index contributed by atoms with van der Waals surface area (Å²) in [6, 6.07) is 1.64. The third-order valence-corrected chi connectivity index (χ3v) is 8.93. The minimum Gasteiger partial charge on any atom is -0.508 e. The van der Waals surface area contributed by atoms with Crippen LogP contribution in [0.4, 0.5) is 0 Å². The lowest BCUT2D eigenvalue weighted by Crippen LogP contribution is -2.60. The minimum atomic E-state index is -1.19. The lowest BCUT2D eigenvalue weighted by atomic mass is 9.99. The molecular formula is C31H46N6O8S. The molecule has 0 bridgehead atoms. The van der Waals surface area contributed by atoms with Gasteiger partial charge in [-0.2, -0.15) is 11.8 Å². The summed E-state index contributed by atoms with van der Waals surface area (Å²) in [5.74, 6) is -3.33. The van der Waals surface area contributed by atoms with Crippen molar-refractivity contribution < 1.29 is 39.0 Å². The number of aromatic hydroxyl groups is 1. The number of hydrogen-bond donors (Lipinski definition) is 6. The fourth-order valence-electron chi connectivity index (χ4n) is 5.74. The second-order valence-electron chi connectivity index (χ2n) is 12.0. The van der Waals surface area contributed by atoms with Gasteiger partial charge in [-0.05, 0) is 67.7 Å². The third-order valence-electron chi connectivity index (χ3n) is 8.28. The van der Waals surface area contributed by atoms with Gasteiger partial charge in [-0.15, -0.1) is 0 Å². The second kappa shape index (κ2) is 17.2. The lowest BCUT2D eigenvalue weighted by molar-refractivity contribution is -0.148. The maximum atomic E-state index is 14.0. The molecule has 0 spiro atoms. The molecule has 2 heterocycles.